The Bertz CT molecular complexity index is 1700. The molecular weight excluding hydrogens is 542 g/mol. The molecule has 2 atom stereocenters. The van der Waals surface area contributed by atoms with Crippen LogP contribution in [0.5, 0.6) is 5.75 Å². The maximum absolute atomic E-state index is 13.5. The van der Waals surface area contributed by atoms with E-state index < -0.39 is 6.03 Å². The van der Waals surface area contributed by atoms with Gasteiger partial charge in [-0.3, -0.25) is 9.59 Å². The van der Waals surface area contributed by atoms with Gasteiger partial charge in [-0.25, -0.2) is 4.79 Å². The van der Waals surface area contributed by atoms with E-state index in [-0.39, 0.29) is 17.4 Å². The van der Waals surface area contributed by atoms with Crippen molar-refractivity contribution in [3.8, 4) is 5.75 Å². The van der Waals surface area contributed by atoms with E-state index in [2.05, 4.69) is 15.5 Å². The van der Waals surface area contributed by atoms with Crippen LogP contribution >= 0.6 is 0 Å². The van der Waals surface area contributed by atoms with Crippen molar-refractivity contribution in [1.29, 1.82) is 0 Å². The first-order chi connectivity index (χ1) is 20.9. The Morgan fingerprint density at radius 1 is 0.907 bits per heavy atom. The van der Waals surface area contributed by atoms with E-state index in [0.29, 0.717) is 48.2 Å². The van der Waals surface area contributed by atoms with Crippen LogP contribution in [-0.4, -0.2) is 48.7 Å². The summed E-state index contributed by atoms with van der Waals surface area (Å²) in [6.45, 7) is 2.58. The van der Waals surface area contributed by atoms with Crippen LogP contribution in [0.1, 0.15) is 34.0 Å². The predicted molar refractivity (Wildman–Crippen MR) is 168 cm³/mol. The molecule has 2 aliphatic rings. The Labute approximate surface area is 250 Å². The number of ether oxygens (including phenoxy) is 1. The third kappa shape index (κ3) is 6.11. The van der Waals surface area contributed by atoms with Gasteiger partial charge in [-0.2, -0.15) is 0 Å². The van der Waals surface area contributed by atoms with Crippen molar-refractivity contribution in [2.45, 2.75) is 25.4 Å². The topological polar surface area (TPSA) is 95.9 Å². The summed E-state index contributed by atoms with van der Waals surface area (Å²) >= 11 is 0. The smallest absolute Gasteiger partial charge is 0.323 e. The minimum Gasteiger partial charge on any atom is -0.497 e. The van der Waals surface area contributed by atoms with Gasteiger partial charge in [0.05, 0.1) is 18.5 Å². The van der Waals surface area contributed by atoms with Crippen molar-refractivity contribution in [1.82, 2.24) is 9.47 Å². The van der Waals surface area contributed by atoms with Crippen molar-refractivity contribution in [2.75, 3.05) is 42.8 Å². The molecule has 9 nitrogen and oxygen atoms in total. The van der Waals surface area contributed by atoms with Crippen LogP contribution in [0.25, 0.3) is 0 Å². The number of benzene rings is 3. The summed E-state index contributed by atoms with van der Waals surface area (Å²) in [7, 11) is 3.35. The largest absolute Gasteiger partial charge is 0.497 e. The number of nitrogens with zero attached hydrogens (tertiary/aromatic N) is 3. The summed E-state index contributed by atoms with van der Waals surface area (Å²) < 4.78 is 7.19. The first-order valence-electron chi connectivity index (χ1n) is 14.5. The normalized spacial score (nSPS) is 17.0. The Hall–Kier alpha value is -5.05. The molecule has 0 unspecified atom stereocenters. The van der Waals surface area contributed by atoms with Crippen molar-refractivity contribution >= 4 is 29.0 Å². The molecule has 3 heterocycles. The van der Waals surface area contributed by atoms with Gasteiger partial charge in [-0.15, -0.1) is 0 Å². The highest BCUT2D eigenvalue weighted by Crippen LogP contribution is 2.39. The highest BCUT2D eigenvalue weighted by molar-refractivity contribution is 6.04. The molecule has 0 saturated carbocycles. The van der Waals surface area contributed by atoms with Gasteiger partial charge in [-0.1, -0.05) is 42.5 Å². The number of methoxy groups -OCH3 is 1. The van der Waals surface area contributed by atoms with Gasteiger partial charge < -0.3 is 29.7 Å². The predicted octanol–water partition coefficient (Wildman–Crippen LogP) is 5.40. The SMILES string of the molecule is COc1cccc(NC(=O)Nc2cc(C(=O)N(C)Cc3ccccc3)ccc2N2C[C@H]3C[C@@H](C2)c2cccc(=O)n2C3)c1. The summed E-state index contributed by atoms with van der Waals surface area (Å²) in [5.41, 5.74) is 4.57. The van der Waals surface area contributed by atoms with Crippen molar-refractivity contribution < 1.29 is 14.3 Å². The fourth-order valence-corrected chi connectivity index (χ4v) is 6.27. The van der Waals surface area contributed by atoms with Gasteiger partial charge in [0.1, 0.15) is 5.75 Å². The third-order valence-corrected chi connectivity index (χ3v) is 8.25. The Kier molecular flexibility index (Phi) is 7.87. The van der Waals surface area contributed by atoms with Gasteiger partial charge in [0.2, 0.25) is 0 Å². The monoisotopic (exact) mass is 577 g/mol. The molecule has 1 fully saturated rings. The van der Waals surface area contributed by atoms with Crippen LogP contribution in [0, 0.1) is 5.92 Å². The Morgan fingerprint density at radius 2 is 1.72 bits per heavy atom. The highest BCUT2D eigenvalue weighted by Gasteiger charge is 2.35. The molecule has 6 rings (SSSR count). The molecule has 9 heteroatoms. The molecule has 220 valence electrons. The van der Waals surface area contributed by atoms with E-state index >= 15 is 0 Å². The van der Waals surface area contributed by atoms with E-state index in [1.165, 1.54) is 0 Å². The van der Waals surface area contributed by atoms with Crippen LogP contribution in [0.3, 0.4) is 0 Å². The lowest BCUT2D eigenvalue weighted by atomic mass is 9.83. The lowest BCUT2D eigenvalue weighted by Gasteiger charge is -2.44. The van der Waals surface area contributed by atoms with Crippen LogP contribution in [0.2, 0.25) is 0 Å². The minimum absolute atomic E-state index is 0.0414. The second-order valence-corrected chi connectivity index (χ2v) is 11.3. The van der Waals surface area contributed by atoms with E-state index in [0.717, 1.165) is 29.9 Å². The Morgan fingerprint density at radius 3 is 2.53 bits per heavy atom. The number of hydrogen-bond donors (Lipinski definition) is 2. The van der Waals surface area contributed by atoms with Crippen LogP contribution in [0.4, 0.5) is 21.9 Å². The van der Waals surface area contributed by atoms with E-state index in [1.807, 2.05) is 65.2 Å². The summed E-state index contributed by atoms with van der Waals surface area (Å²) in [6, 6.07) is 27.5. The summed E-state index contributed by atoms with van der Waals surface area (Å²) in [5, 5.41) is 5.89. The summed E-state index contributed by atoms with van der Waals surface area (Å²) in [5.74, 6) is 0.976. The molecule has 0 aliphatic carbocycles. The zero-order chi connectivity index (χ0) is 29.9. The van der Waals surface area contributed by atoms with Gasteiger partial charge in [0.15, 0.2) is 0 Å². The van der Waals surface area contributed by atoms with Gasteiger partial charge >= 0.3 is 6.03 Å². The number of aromatic nitrogens is 1. The zero-order valence-corrected chi connectivity index (χ0v) is 24.3. The molecule has 2 bridgehead atoms. The standard InChI is InChI=1S/C34H35N5O4/c1-37(19-23-8-4-3-5-9-23)33(41)25-14-15-31(29(17-25)36-34(42)35-27-10-6-11-28(18-27)43-2)38-20-24-16-26(22-38)30-12-7-13-32(40)39(30)21-24/h3-15,17-18,24,26H,16,19-22H2,1-2H3,(H2,35,36,42)/t24-,26+/m1/s1. The van der Waals surface area contributed by atoms with E-state index in [4.69, 9.17) is 4.74 Å². The summed E-state index contributed by atoms with van der Waals surface area (Å²) in [6.07, 6.45) is 1.01. The fraction of sp³-hybridized carbons (Fsp3) is 0.265. The van der Waals surface area contributed by atoms with Crippen molar-refractivity contribution in [3.63, 3.8) is 0 Å². The molecule has 4 aromatic rings. The number of nitrogens with one attached hydrogen (secondary N) is 2. The van der Waals surface area contributed by atoms with Crippen LogP contribution < -0.4 is 25.8 Å². The molecule has 1 aromatic heterocycles. The molecule has 0 radical (unpaired) electrons. The average Bonchev–Trinajstić information content (AvgIpc) is 3.01. The fourth-order valence-electron chi connectivity index (χ4n) is 6.27. The van der Waals surface area contributed by atoms with Crippen molar-refractivity contribution in [3.05, 3.63) is 118 Å². The van der Waals surface area contributed by atoms with Crippen LogP contribution in [0.15, 0.2) is 95.8 Å². The quantitative estimate of drug-likeness (QED) is 0.307. The first-order valence-corrected chi connectivity index (χ1v) is 14.5. The molecule has 2 aliphatic heterocycles. The number of piperidine rings is 1. The molecule has 3 amide bonds. The number of carbonyl (C=O) groups is 2. The molecule has 3 aromatic carbocycles. The minimum atomic E-state index is -0.425. The number of carbonyl (C=O) groups excluding carboxylic acids is 2. The lowest BCUT2D eigenvalue weighted by molar-refractivity contribution is 0.0785. The van der Waals surface area contributed by atoms with Gasteiger partial charge in [-0.05, 0) is 54.3 Å². The molecule has 1 saturated heterocycles. The number of rotatable bonds is 7. The average molecular weight is 578 g/mol. The second kappa shape index (κ2) is 12.1. The van der Waals surface area contributed by atoms with Crippen molar-refractivity contribution in [2.24, 2.45) is 5.92 Å². The number of hydrogen-bond acceptors (Lipinski definition) is 5. The molecular formula is C34H35N5O4. The lowest BCUT2D eigenvalue weighted by Crippen LogP contribution is -2.47. The maximum Gasteiger partial charge on any atom is 0.323 e. The van der Waals surface area contributed by atoms with E-state index in [9.17, 15) is 14.4 Å². The third-order valence-electron chi connectivity index (χ3n) is 8.25. The number of pyridine rings is 1. The highest BCUT2D eigenvalue weighted by atomic mass is 16.5. The maximum atomic E-state index is 13.5. The molecule has 43 heavy (non-hydrogen) atoms. The Balaban J connectivity index is 1.29. The number of anilines is 3. The zero-order valence-electron chi connectivity index (χ0n) is 24.3. The van der Waals surface area contributed by atoms with E-state index in [1.54, 1.807) is 49.4 Å². The van der Waals surface area contributed by atoms with Gasteiger partial charge in [0.25, 0.3) is 11.5 Å². The van der Waals surface area contributed by atoms with Crippen LogP contribution in [-0.2, 0) is 13.1 Å². The second-order valence-electron chi connectivity index (χ2n) is 11.3. The number of fused-ring (bicyclic) bond motifs is 4. The molecule has 2 N–H and O–H groups in total. The summed E-state index contributed by atoms with van der Waals surface area (Å²) in [4.78, 5) is 43.2. The number of amides is 3. The molecule has 0 spiro atoms. The first kappa shape index (κ1) is 28.1. The van der Waals surface area contributed by atoms with Gasteiger partial charge in [0, 0.05) is 68.2 Å². The number of urea groups is 1.